The fourth-order valence-electron chi connectivity index (χ4n) is 1.38. The molecule has 15 heavy (non-hydrogen) atoms. The molecule has 0 aromatic heterocycles. The molecule has 0 aliphatic heterocycles. The SMILES string of the molecule is CC(C)C(N)CCc1ccc(F)cc1F. The van der Waals surface area contributed by atoms with Crippen LogP contribution in [-0.4, -0.2) is 6.04 Å². The van der Waals surface area contributed by atoms with Crippen LogP contribution < -0.4 is 5.73 Å². The number of rotatable bonds is 4. The van der Waals surface area contributed by atoms with Crippen molar-refractivity contribution < 1.29 is 8.78 Å². The van der Waals surface area contributed by atoms with E-state index in [9.17, 15) is 8.78 Å². The largest absolute Gasteiger partial charge is 0.327 e. The van der Waals surface area contributed by atoms with E-state index in [1.165, 1.54) is 12.1 Å². The van der Waals surface area contributed by atoms with Gasteiger partial charge in [0.2, 0.25) is 0 Å². The van der Waals surface area contributed by atoms with Crippen molar-refractivity contribution in [2.24, 2.45) is 11.7 Å². The zero-order valence-electron chi connectivity index (χ0n) is 9.13. The van der Waals surface area contributed by atoms with Crippen molar-refractivity contribution in [1.29, 1.82) is 0 Å². The number of hydrogen-bond acceptors (Lipinski definition) is 1. The van der Waals surface area contributed by atoms with Crippen LogP contribution in [0.25, 0.3) is 0 Å². The van der Waals surface area contributed by atoms with E-state index < -0.39 is 11.6 Å². The Morgan fingerprint density at radius 3 is 2.47 bits per heavy atom. The maximum absolute atomic E-state index is 13.2. The number of halogens is 2. The molecule has 3 heteroatoms. The van der Waals surface area contributed by atoms with Gasteiger partial charge >= 0.3 is 0 Å². The molecule has 1 atom stereocenters. The lowest BCUT2D eigenvalue weighted by atomic mass is 9.97. The lowest BCUT2D eigenvalue weighted by molar-refractivity contribution is 0.459. The molecule has 0 spiro atoms. The van der Waals surface area contributed by atoms with E-state index in [1.807, 2.05) is 13.8 Å². The van der Waals surface area contributed by atoms with Gasteiger partial charge in [0.1, 0.15) is 11.6 Å². The number of aryl methyl sites for hydroxylation is 1. The molecule has 0 amide bonds. The molecule has 1 nitrogen and oxygen atoms in total. The molecule has 1 aromatic carbocycles. The molecule has 1 rings (SSSR count). The van der Waals surface area contributed by atoms with Crippen molar-refractivity contribution in [3.05, 3.63) is 35.4 Å². The number of benzene rings is 1. The molecule has 0 heterocycles. The normalized spacial score (nSPS) is 13.2. The molecule has 0 aliphatic rings. The van der Waals surface area contributed by atoms with Gasteiger partial charge in [0, 0.05) is 12.1 Å². The maximum atomic E-state index is 13.2. The van der Waals surface area contributed by atoms with Gasteiger partial charge in [-0.25, -0.2) is 8.78 Å². The lowest BCUT2D eigenvalue weighted by Gasteiger charge is -2.15. The number of nitrogens with two attached hydrogens (primary N) is 1. The highest BCUT2D eigenvalue weighted by atomic mass is 19.1. The van der Waals surface area contributed by atoms with Crippen LogP contribution in [0.15, 0.2) is 18.2 Å². The monoisotopic (exact) mass is 213 g/mol. The molecule has 2 N–H and O–H groups in total. The predicted molar refractivity (Wildman–Crippen MR) is 57.5 cm³/mol. The van der Waals surface area contributed by atoms with E-state index >= 15 is 0 Å². The second-order valence-corrected chi connectivity index (χ2v) is 4.18. The zero-order chi connectivity index (χ0) is 11.4. The van der Waals surface area contributed by atoms with Crippen LogP contribution in [0.5, 0.6) is 0 Å². The Hall–Kier alpha value is -0.960. The zero-order valence-corrected chi connectivity index (χ0v) is 9.13. The van der Waals surface area contributed by atoms with Crippen LogP contribution in [0, 0.1) is 17.6 Å². The van der Waals surface area contributed by atoms with E-state index in [0.29, 0.717) is 17.9 Å². The first-order valence-corrected chi connectivity index (χ1v) is 5.20. The first-order valence-electron chi connectivity index (χ1n) is 5.20. The van der Waals surface area contributed by atoms with Crippen molar-refractivity contribution in [2.75, 3.05) is 0 Å². The molecule has 0 bridgehead atoms. The third kappa shape index (κ3) is 3.59. The minimum absolute atomic E-state index is 0.0643. The lowest BCUT2D eigenvalue weighted by Crippen LogP contribution is -2.26. The van der Waals surface area contributed by atoms with E-state index in [2.05, 4.69) is 0 Å². The van der Waals surface area contributed by atoms with Crippen LogP contribution in [0.2, 0.25) is 0 Å². The summed E-state index contributed by atoms with van der Waals surface area (Å²) >= 11 is 0. The smallest absolute Gasteiger partial charge is 0.129 e. The Morgan fingerprint density at radius 2 is 1.93 bits per heavy atom. The summed E-state index contributed by atoms with van der Waals surface area (Å²) < 4.78 is 25.8. The van der Waals surface area contributed by atoms with Crippen LogP contribution in [-0.2, 0) is 6.42 Å². The molecule has 0 radical (unpaired) electrons. The van der Waals surface area contributed by atoms with E-state index in [-0.39, 0.29) is 6.04 Å². The molecular formula is C12H17F2N. The van der Waals surface area contributed by atoms with Gasteiger partial charge in [-0.05, 0) is 30.4 Å². The molecule has 1 unspecified atom stereocenters. The molecule has 1 aromatic rings. The summed E-state index contributed by atoms with van der Waals surface area (Å²) in [6.07, 6.45) is 1.28. The van der Waals surface area contributed by atoms with Gasteiger partial charge in [-0.2, -0.15) is 0 Å². The van der Waals surface area contributed by atoms with Gasteiger partial charge in [0.05, 0.1) is 0 Å². The minimum atomic E-state index is -0.538. The van der Waals surface area contributed by atoms with E-state index in [4.69, 9.17) is 5.73 Å². The first kappa shape index (κ1) is 12.1. The maximum Gasteiger partial charge on any atom is 0.129 e. The Morgan fingerprint density at radius 1 is 1.27 bits per heavy atom. The van der Waals surface area contributed by atoms with Crippen LogP contribution in [0.4, 0.5) is 8.78 Å². The average molecular weight is 213 g/mol. The average Bonchev–Trinajstić information content (AvgIpc) is 2.15. The van der Waals surface area contributed by atoms with Crippen LogP contribution >= 0.6 is 0 Å². The van der Waals surface area contributed by atoms with Crippen LogP contribution in [0.3, 0.4) is 0 Å². The fourth-order valence-corrected chi connectivity index (χ4v) is 1.38. The molecule has 84 valence electrons. The summed E-state index contributed by atoms with van der Waals surface area (Å²) in [6, 6.07) is 3.74. The third-order valence-corrected chi connectivity index (χ3v) is 2.62. The highest BCUT2D eigenvalue weighted by Gasteiger charge is 2.09. The van der Waals surface area contributed by atoms with Crippen molar-refractivity contribution >= 4 is 0 Å². The predicted octanol–water partition coefficient (Wildman–Crippen LogP) is 2.88. The highest BCUT2D eigenvalue weighted by molar-refractivity contribution is 5.18. The Labute approximate surface area is 89.3 Å². The van der Waals surface area contributed by atoms with Gasteiger partial charge in [0.25, 0.3) is 0 Å². The first-order chi connectivity index (χ1) is 7.00. The Bertz CT molecular complexity index is 323. The third-order valence-electron chi connectivity index (χ3n) is 2.62. The summed E-state index contributed by atoms with van der Waals surface area (Å²) in [5, 5.41) is 0. The van der Waals surface area contributed by atoms with Crippen molar-refractivity contribution in [2.45, 2.75) is 32.7 Å². The van der Waals surface area contributed by atoms with Gasteiger partial charge in [-0.3, -0.25) is 0 Å². The van der Waals surface area contributed by atoms with E-state index in [1.54, 1.807) is 0 Å². The number of hydrogen-bond donors (Lipinski definition) is 1. The van der Waals surface area contributed by atoms with Gasteiger partial charge in [0.15, 0.2) is 0 Å². The summed E-state index contributed by atoms with van der Waals surface area (Å²) in [5.41, 5.74) is 6.38. The van der Waals surface area contributed by atoms with Crippen molar-refractivity contribution in [1.82, 2.24) is 0 Å². The second kappa shape index (κ2) is 5.21. The van der Waals surface area contributed by atoms with Crippen molar-refractivity contribution in [3.63, 3.8) is 0 Å². The molecule has 0 saturated carbocycles. The highest BCUT2D eigenvalue weighted by Crippen LogP contribution is 2.14. The Kier molecular flexibility index (Phi) is 4.21. The van der Waals surface area contributed by atoms with Crippen molar-refractivity contribution in [3.8, 4) is 0 Å². The molecular weight excluding hydrogens is 196 g/mol. The fraction of sp³-hybridized carbons (Fsp3) is 0.500. The summed E-state index contributed by atoms with van der Waals surface area (Å²) in [5.74, 6) is -0.635. The standard InChI is InChI=1S/C12H17F2N/c1-8(2)12(15)6-4-9-3-5-10(13)7-11(9)14/h3,5,7-8,12H,4,6,15H2,1-2H3. The summed E-state index contributed by atoms with van der Waals surface area (Å²) in [6.45, 7) is 4.07. The molecule has 0 fully saturated rings. The summed E-state index contributed by atoms with van der Waals surface area (Å²) in [7, 11) is 0. The summed E-state index contributed by atoms with van der Waals surface area (Å²) in [4.78, 5) is 0. The topological polar surface area (TPSA) is 26.0 Å². The van der Waals surface area contributed by atoms with E-state index in [0.717, 1.165) is 12.5 Å². The minimum Gasteiger partial charge on any atom is -0.327 e. The second-order valence-electron chi connectivity index (χ2n) is 4.18. The Balaban J connectivity index is 2.58. The van der Waals surface area contributed by atoms with Gasteiger partial charge < -0.3 is 5.73 Å². The molecule has 0 saturated heterocycles. The van der Waals surface area contributed by atoms with Gasteiger partial charge in [-0.15, -0.1) is 0 Å². The molecule has 0 aliphatic carbocycles. The van der Waals surface area contributed by atoms with Crippen LogP contribution in [0.1, 0.15) is 25.8 Å². The van der Waals surface area contributed by atoms with Gasteiger partial charge in [-0.1, -0.05) is 19.9 Å². The quantitative estimate of drug-likeness (QED) is 0.817.